The van der Waals surface area contributed by atoms with Crippen LogP contribution in [0, 0.1) is 20.8 Å². The predicted octanol–water partition coefficient (Wildman–Crippen LogP) is 0.526. The molecule has 3 nitrogen and oxygen atoms in total. The molecule has 0 aliphatic carbocycles. The molecule has 0 fully saturated rings. The number of rotatable bonds is 3. The van der Waals surface area contributed by atoms with Gasteiger partial charge >= 0.3 is 32.4 Å². The predicted molar refractivity (Wildman–Crippen MR) is 78.0 cm³/mol. The summed E-state index contributed by atoms with van der Waals surface area (Å²) in [6.45, 7) is 5.53. The molecule has 0 saturated carbocycles. The Kier molecular flexibility index (Phi) is 6.07. The Hall–Kier alpha value is -1.23. The number of benzene rings is 2. The van der Waals surface area contributed by atoms with Gasteiger partial charge in [0.25, 0.3) is 0 Å². The third kappa shape index (κ3) is 3.51. The van der Waals surface area contributed by atoms with Crippen molar-refractivity contribution in [2.75, 3.05) is 0 Å². The third-order valence-electron chi connectivity index (χ3n) is 3.41. The Morgan fingerprint density at radius 1 is 1.05 bits per heavy atom. The van der Waals surface area contributed by atoms with Crippen LogP contribution in [0.15, 0.2) is 36.4 Å². The molecule has 0 amide bonds. The number of hydrogen-bond donors (Lipinski definition) is 0. The molecule has 0 radical (unpaired) electrons. The first-order valence-electron chi connectivity index (χ1n) is 6.28. The van der Waals surface area contributed by atoms with Crippen molar-refractivity contribution in [3.8, 4) is 11.1 Å². The molecular formula is C16H15LiO3P+. The van der Waals surface area contributed by atoms with E-state index in [1.807, 2.05) is 43.3 Å². The maximum atomic E-state index is 11.9. The number of aryl methyl sites for hydroxylation is 2. The smallest absolute Gasteiger partial charge is 0.588 e. The summed E-state index contributed by atoms with van der Waals surface area (Å²) in [7, 11) is -3.10. The normalized spacial score (nSPS) is 10.8. The van der Waals surface area contributed by atoms with E-state index in [1.165, 1.54) is 0 Å². The maximum absolute atomic E-state index is 11.9. The number of carbonyl (C=O) groups excluding carboxylic acids is 1. The molecule has 0 aliphatic rings. The minimum Gasteiger partial charge on any atom is -0.588 e. The molecule has 2 rings (SSSR count). The fourth-order valence-electron chi connectivity index (χ4n) is 2.65. The monoisotopic (exact) mass is 293 g/mol. The fourth-order valence-corrected chi connectivity index (χ4v) is 3.18. The van der Waals surface area contributed by atoms with Gasteiger partial charge in [-0.3, -0.25) is 0 Å². The van der Waals surface area contributed by atoms with E-state index in [4.69, 9.17) is 0 Å². The van der Waals surface area contributed by atoms with Gasteiger partial charge in [0.05, 0.1) is 5.56 Å². The topological polar surface area (TPSA) is 57.2 Å². The zero-order chi connectivity index (χ0) is 14.9. The van der Waals surface area contributed by atoms with Crippen molar-refractivity contribution in [2.45, 2.75) is 20.8 Å². The Labute approximate surface area is 137 Å². The summed E-state index contributed by atoms with van der Waals surface area (Å²) < 4.78 is 11.0. The van der Waals surface area contributed by atoms with Gasteiger partial charge in [-0.15, -0.1) is 0 Å². The second kappa shape index (κ2) is 7.16. The van der Waals surface area contributed by atoms with E-state index in [0.717, 1.165) is 22.3 Å². The van der Waals surface area contributed by atoms with E-state index >= 15 is 0 Å². The zero-order valence-corrected chi connectivity index (χ0v) is 13.5. The first-order valence-corrected chi connectivity index (χ1v) is 7.46. The van der Waals surface area contributed by atoms with Crippen molar-refractivity contribution >= 4 is 13.6 Å². The largest absolute Gasteiger partial charge is 1.00 e. The Morgan fingerprint density at radius 3 is 2.14 bits per heavy atom. The van der Waals surface area contributed by atoms with Crippen LogP contribution in [0.4, 0.5) is 0 Å². The molecule has 0 aromatic heterocycles. The van der Waals surface area contributed by atoms with Crippen LogP contribution in [0.3, 0.4) is 0 Å². The SMILES string of the molecule is Cc1cc(C)c(-c2ccccc2)c(C)c1C(=O)[P+](=O)[O-].[Li+]. The summed E-state index contributed by atoms with van der Waals surface area (Å²) >= 11 is 0. The molecular weight excluding hydrogens is 278 g/mol. The van der Waals surface area contributed by atoms with Gasteiger partial charge in [-0.25, -0.2) is 4.79 Å². The molecule has 1 atom stereocenters. The van der Waals surface area contributed by atoms with Crippen LogP contribution in [0.5, 0.6) is 0 Å². The summed E-state index contributed by atoms with van der Waals surface area (Å²) in [5.74, 6) is 0. The van der Waals surface area contributed by atoms with Crippen LogP contribution >= 0.6 is 8.03 Å². The summed E-state index contributed by atoms with van der Waals surface area (Å²) in [5.41, 5.74) is 3.84. The van der Waals surface area contributed by atoms with Gasteiger partial charge in [0.2, 0.25) is 0 Å². The van der Waals surface area contributed by atoms with E-state index in [9.17, 15) is 14.3 Å². The second-order valence-electron chi connectivity index (χ2n) is 4.81. The molecule has 1 unspecified atom stereocenters. The summed E-state index contributed by atoms with van der Waals surface area (Å²) in [6, 6.07) is 11.5. The van der Waals surface area contributed by atoms with Crippen molar-refractivity contribution in [2.24, 2.45) is 0 Å². The van der Waals surface area contributed by atoms with Gasteiger partial charge in [0.15, 0.2) is 0 Å². The van der Waals surface area contributed by atoms with Gasteiger partial charge in [-0.2, -0.15) is 0 Å². The van der Waals surface area contributed by atoms with Crippen LogP contribution in [0.1, 0.15) is 27.0 Å². The van der Waals surface area contributed by atoms with E-state index in [2.05, 4.69) is 0 Å². The quantitative estimate of drug-likeness (QED) is 0.612. The van der Waals surface area contributed by atoms with Crippen LogP contribution in [0.25, 0.3) is 11.1 Å². The summed E-state index contributed by atoms with van der Waals surface area (Å²) in [4.78, 5) is 22.9. The Bertz CT molecular complexity index is 696. The number of hydrogen-bond acceptors (Lipinski definition) is 3. The van der Waals surface area contributed by atoms with E-state index in [0.29, 0.717) is 11.1 Å². The molecule has 0 spiro atoms. The fraction of sp³-hybridized carbons (Fsp3) is 0.188. The molecule has 2 aromatic carbocycles. The molecule has 5 heteroatoms. The minimum absolute atomic E-state index is 0. The van der Waals surface area contributed by atoms with Gasteiger partial charge in [0, 0.05) is 0 Å². The van der Waals surface area contributed by atoms with Gasteiger partial charge in [-0.1, -0.05) is 41.0 Å². The van der Waals surface area contributed by atoms with Gasteiger partial charge in [-0.05, 0) is 48.6 Å². The molecule has 102 valence electrons. The van der Waals surface area contributed by atoms with E-state index < -0.39 is 13.6 Å². The average Bonchev–Trinajstić information content (AvgIpc) is 2.39. The molecule has 0 heterocycles. The van der Waals surface area contributed by atoms with E-state index in [-0.39, 0.29) is 18.9 Å². The van der Waals surface area contributed by atoms with Crippen LogP contribution < -0.4 is 23.8 Å². The summed E-state index contributed by atoms with van der Waals surface area (Å²) in [6.07, 6.45) is 0. The van der Waals surface area contributed by atoms with Crippen LogP contribution in [0.2, 0.25) is 0 Å². The third-order valence-corrected chi connectivity index (χ3v) is 3.97. The molecule has 0 saturated heterocycles. The maximum Gasteiger partial charge on any atom is 1.00 e. The van der Waals surface area contributed by atoms with Gasteiger partial charge < -0.3 is 4.89 Å². The van der Waals surface area contributed by atoms with Crippen LogP contribution in [-0.4, -0.2) is 5.52 Å². The number of carbonyl (C=O) groups is 1. The van der Waals surface area contributed by atoms with E-state index in [1.54, 1.807) is 13.8 Å². The first-order chi connectivity index (χ1) is 9.43. The van der Waals surface area contributed by atoms with Gasteiger partial charge in [0.1, 0.15) is 0 Å². The van der Waals surface area contributed by atoms with Crippen molar-refractivity contribution < 1.29 is 33.1 Å². The van der Waals surface area contributed by atoms with Crippen molar-refractivity contribution in [1.29, 1.82) is 0 Å². The molecule has 2 aromatic rings. The summed E-state index contributed by atoms with van der Waals surface area (Å²) in [5, 5.41) is 0. The van der Waals surface area contributed by atoms with Crippen LogP contribution in [-0.2, 0) is 4.57 Å². The van der Waals surface area contributed by atoms with Crippen molar-refractivity contribution in [1.82, 2.24) is 0 Å². The first kappa shape index (κ1) is 17.8. The Balaban J connectivity index is 0.00000220. The molecule has 0 N–H and O–H groups in total. The standard InChI is InChI=1S/C16H15O3P.Li/c1-10-9-11(2)15(16(17)20(18)19)12(3)14(10)13-7-5-4-6-8-13;/h4-9H,1-3H3;/q;+1. The average molecular weight is 293 g/mol. The molecule has 21 heavy (non-hydrogen) atoms. The molecule has 0 bridgehead atoms. The minimum atomic E-state index is -3.10. The van der Waals surface area contributed by atoms with Crippen molar-refractivity contribution in [3.63, 3.8) is 0 Å². The molecule has 0 aliphatic heterocycles. The zero-order valence-electron chi connectivity index (χ0n) is 12.6. The Morgan fingerprint density at radius 2 is 1.62 bits per heavy atom. The van der Waals surface area contributed by atoms with Crippen molar-refractivity contribution in [3.05, 3.63) is 58.7 Å². The second-order valence-corrected chi connectivity index (χ2v) is 5.73.